The minimum atomic E-state index is -3.81. The lowest BCUT2D eigenvalue weighted by Crippen LogP contribution is -2.24. The number of benzene rings is 3. The summed E-state index contributed by atoms with van der Waals surface area (Å²) in [7, 11) is -0.827. The second-order valence-electron chi connectivity index (χ2n) is 7.15. The minimum Gasteiger partial charge on any atom is -0.494 e. The number of carbonyl (C=O) groups is 1. The van der Waals surface area contributed by atoms with E-state index in [4.69, 9.17) is 16.3 Å². The van der Waals surface area contributed by atoms with Gasteiger partial charge in [-0.3, -0.25) is 9.52 Å². The lowest BCUT2D eigenvalue weighted by atomic mass is 10.2. The molecular weight excluding hydrogens is 467 g/mol. The highest BCUT2D eigenvalue weighted by atomic mass is 35.5. The predicted octanol–water partition coefficient (Wildman–Crippen LogP) is 4.96. The van der Waals surface area contributed by atoms with E-state index in [-0.39, 0.29) is 28.8 Å². The quantitative estimate of drug-likeness (QED) is 0.455. The highest BCUT2D eigenvalue weighted by Gasteiger charge is 2.15. The van der Waals surface area contributed by atoms with Crippen LogP contribution in [0.2, 0.25) is 5.02 Å². The highest BCUT2D eigenvalue weighted by molar-refractivity contribution is 7.92. The van der Waals surface area contributed by atoms with E-state index in [1.54, 1.807) is 55.6 Å². The molecule has 33 heavy (non-hydrogen) atoms. The van der Waals surface area contributed by atoms with E-state index >= 15 is 0 Å². The lowest BCUT2D eigenvalue weighted by Gasteiger charge is -2.15. The summed E-state index contributed by atoms with van der Waals surface area (Å²) in [6.07, 6.45) is 2.94. The van der Waals surface area contributed by atoms with Crippen LogP contribution in [-0.4, -0.2) is 33.4 Å². The number of amides is 1. The van der Waals surface area contributed by atoms with E-state index in [0.29, 0.717) is 16.1 Å². The average molecular weight is 489 g/mol. The predicted molar refractivity (Wildman–Crippen MR) is 127 cm³/mol. The van der Waals surface area contributed by atoms with Crippen molar-refractivity contribution in [3.05, 3.63) is 94.8 Å². The second-order valence-corrected chi connectivity index (χ2v) is 9.24. The van der Waals surface area contributed by atoms with Crippen LogP contribution in [0.3, 0.4) is 0 Å². The summed E-state index contributed by atoms with van der Waals surface area (Å²) in [6, 6.07) is 17.1. The Balaban J connectivity index is 1.63. The summed E-state index contributed by atoms with van der Waals surface area (Å²) in [4.78, 5) is 13.9. The van der Waals surface area contributed by atoms with Gasteiger partial charge in [-0.05, 0) is 53.6 Å². The van der Waals surface area contributed by atoms with Gasteiger partial charge >= 0.3 is 0 Å². The number of halogens is 2. The molecule has 0 unspecified atom stereocenters. The first-order chi connectivity index (χ1) is 15.7. The molecular formula is C24H22ClFN2O4S. The molecule has 0 aromatic heterocycles. The maximum Gasteiger partial charge on any atom is 0.261 e. The molecule has 0 spiro atoms. The molecule has 3 rings (SSSR count). The monoisotopic (exact) mass is 488 g/mol. The SMILES string of the molecule is COc1ccc(CN(C)C(=O)/C=C/c2ccc(S(=O)(=O)Nc3ccccc3Cl)cc2)cc1F. The van der Waals surface area contributed by atoms with Gasteiger partial charge in [0.25, 0.3) is 10.0 Å². The van der Waals surface area contributed by atoms with Crippen LogP contribution in [0, 0.1) is 5.82 Å². The molecule has 0 saturated carbocycles. The van der Waals surface area contributed by atoms with Crippen LogP contribution in [0.25, 0.3) is 6.08 Å². The number of anilines is 1. The Morgan fingerprint density at radius 3 is 2.45 bits per heavy atom. The second kappa shape index (κ2) is 10.5. The van der Waals surface area contributed by atoms with Crippen molar-refractivity contribution in [1.29, 1.82) is 0 Å². The summed E-state index contributed by atoms with van der Waals surface area (Å²) in [5.74, 6) is -0.645. The number of methoxy groups -OCH3 is 1. The first kappa shape index (κ1) is 24.3. The number of hydrogen-bond donors (Lipinski definition) is 1. The molecule has 0 aliphatic rings. The van der Waals surface area contributed by atoms with E-state index in [1.807, 2.05) is 0 Å². The lowest BCUT2D eigenvalue weighted by molar-refractivity contribution is -0.125. The molecule has 1 N–H and O–H groups in total. The Bertz CT molecular complexity index is 1280. The van der Waals surface area contributed by atoms with Gasteiger partial charge in [0.2, 0.25) is 5.91 Å². The van der Waals surface area contributed by atoms with Crippen LogP contribution in [0.4, 0.5) is 10.1 Å². The van der Waals surface area contributed by atoms with E-state index < -0.39 is 15.8 Å². The van der Waals surface area contributed by atoms with E-state index in [1.165, 1.54) is 42.4 Å². The molecule has 0 aliphatic carbocycles. The Morgan fingerprint density at radius 1 is 1.12 bits per heavy atom. The molecule has 0 aliphatic heterocycles. The third-order valence-corrected chi connectivity index (χ3v) is 6.45. The van der Waals surface area contributed by atoms with Gasteiger partial charge < -0.3 is 9.64 Å². The topological polar surface area (TPSA) is 75.7 Å². The first-order valence-electron chi connectivity index (χ1n) is 9.82. The molecule has 0 atom stereocenters. The molecule has 0 radical (unpaired) electrons. The Morgan fingerprint density at radius 2 is 1.82 bits per heavy atom. The third-order valence-electron chi connectivity index (χ3n) is 4.74. The van der Waals surface area contributed by atoms with Gasteiger partial charge in [-0.2, -0.15) is 0 Å². The van der Waals surface area contributed by atoms with Crippen LogP contribution >= 0.6 is 11.6 Å². The summed E-state index contributed by atoms with van der Waals surface area (Å²) in [5, 5.41) is 0.292. The van der Waals surface area contributed by atoms with Gasteiger partial charge in [-0.25, -0.2) is 12.8 Å². The number of carbonyl (C=O) groups excluding carboxylic acids is 1. The van der Waals surface area contributed by atoms with Gasteiger partial charge in [-0.1, -0.05) is 41.9 Å². The van der Waals surface area contributed by atoms with Crippen LogP contribution in [-0.2, 0) is 21.4 Å². The number of nitrogens with zero attached hydrogens (tertiary/aromatic N) is 1. The van der Waals surface area contributed by atoms with Gasteiger partial charge in [0.05, 0.1) is 22.7 Å². The van der Waals surface area contributed by atoms with Crippen molar-refractivity contribution in [1.82, 2.24) is 4.90 Å². The zero-order chi connectivity index (χ0) is 24.0. The van der Waals surface area contributed by atoms with Gasteiger partial charge in [0.1, 0.15) is 0 Å². The van der Waals surface area contributed by atoms with Crippen molar-refractivity contribution in [3.8, 4) is 5.75 Å². The molecule has 0 heterocycles. The molecule has 0 fully saturated rings. The Labute approximate surface area is 197 Å². The van der Waals surface area contributed by atoms with Crippen molar-refractivity contribution in [2.24, 2.45) is 0 Å². The smallest absolute Gasteiger partial charge is 0.261 e. The van der Waals surface area contributed by atoms with Crippen LogP contribution in [0.1, 0.15) is 11.1 Å². The number of hydrogen-bond acceptors (Lipinski definition) is 4. The highest BCUT2D eigenvalue weighted by Crippen LogP contribution is 2.24. The van der Waals surface area contributed by atoms with Gasteiger partial charge in [-0.15, -0.1) is 0 Å². The molecule has 6 nitrogen and oxygen atoms in total. The number of nitrogens with one attached hydrogen (secondary N) is 1. The maximum absolute atomic E-state index is 13.8. The fourth-order valence-corrected chi connectivity index (χ4v) is 4.28. The van der Waals surface area contributed by atoms with Gasteiger partial charge in [0.15, 0.2) is 11.6 Å². The molecule has 3 aromatic carbocycles. The largest absolute Gasteiger partial charge is 0.494 e. The van der Waals surface area contributed by atoms with Crippen molar-refractivity contribution in [3.63, 3.8) is 0 Å². The molecule has 3 aromatic rings. The van der Waals surface area contributed by atoms with Crippen LogP contribution < -0.4 is 9.46 Å². The summed E-state index contributed by atoms with van der Waals surface area (Å²) in [5.41, 5.74) is 1.55. The number of likely N-dealkylation sites (N-methyl/N-ethyl adjacent to an activating group) is 1. The summed E-state index contributed by atoms with van der Waals surface area (Å²) >= 11 is 6.02. The summed E-state index contributed by atoms with van der Waals surface area (Å²) in [6.45, 7) is 0.217. The van der Waals surface area contributed by atoms with E-state index in [2.05, 4.69) is 4.72 Å². The van der Waals surface area contributed by atoms with Crippen molar-refractivity contribution < 1.29 is 22.3 Å². The fraction of sp³-hybridized carbons (Fsp3) is 0.125. The number of rotatable bonds is 8. The zero-order valence-corrected chi connectivity index (χ0v) is 19.5. The van der Waals surface area contributed by atoms with Gasteiger partial charge in [0, 0.05) is 19.7 Å². The summed E-state index contributed by atoms with van der Waals surface area (Å²) < 4.78 is 46.3. The zero-order valence-electron chi connectivity index (χ0n) is 18.0. The molecule has 9 heteroatoms. The Kier molecular flexibility index (Phi) is 7.73. The molecule has 172 valence electrons. The number of ether oxygens (including phenoxy) is 1. The number of sulfonamides is 1. The standard InChI is InChI=1S/C24H22ClFN2O4S/c1-28(16-18-9-13-23(32-2)21(26)15-18)24(29)14-10-17-7-11-19(12-8-17)33(30,31)27-22-6-4-3-5-20(22)25/h3-15,27H,16H2,1-2H3/b14-10+. The minimum absolute atomic E-state index is 0.0598. The van der Waals surface area contributed by atoms with Crippen LogP contribution in [0.5, 0.6) is 5.75 Å². The molecule has 0 saturated heterocycles. The first-order valence-corrected chi connectivity index (χ1v) is 11.7. The van der Waals surface area contributed by atoms with Crippen molar-refractivity contribution >= 4 is 39.3 Å². The maximum atomic E-state index is 13.8. The Hall–Kier alpha value is -3.36. The number of para-hydroxylation sites is 1. The normalized spacial score (nSPS) is 11.4. The van der Waals surface area contributed by atoms with Crippen molar-refractivity contribution in [2.45, 2.75) is 11.4 Å². The van der Waals surface area contributed by atoms with Crippen molar-refractivity contribution in [2.75, 3.05) is 18.9 Å². The van der Waals surface area contributed by atoms with E-state index in [9.17, 15) is 17.6 Å². The van der Waals surface area contributed by atoms with Crippen LogP contribution in [0.15, 0.2) is 77.7 Å². The average Bonchev–Trinajstić information content (AvgIpc) is 2.79. The molecule has 1 amide bonds. The fourth-order valence-electron chi connectivity index (χ4n) is 2.96. The third kappa shape index (κ3) is 6.34. The van der Waals surface area contributed by atoms with E-state index in [0.717, 1.165) is 0 Å². The molecule has 0 bridgehead atoms.